The highest BCUT2D eigenvalue weighted by molar-refractivity contribution is 5.89. The van der Waals surface area contributed by atoms with Gasteiger partial charge < -0.3 is 21.1 Å². The smallest absolute Gasteiger partial charge is 0.323 e. The second kappa shape index (κ2) is 6.51. The molecule has 7 nitrogen and oxygen atoms in total. The van der Waals surface area contributed by atoms with E-state index in [1.807, 2.05) is 13.8 Å². The molecular weight excluding hydrogens is 250 g/mol. The molecule has 1 fully saturated rings. The number of carbonyl (C=O) groups excluding carboxylic acids is 2. The van der Waals surface area contributed by atoms with Crippen LogP contribution in [0.4, 0.5) is 0 Å². The molecule has 108 valence electrons. The molecule has 0 heterocycles. The summed E-state index contributed by atoms with van der Waals surface area (Å²) in [5.41, 5.74) is 5.64. The first-order valence-corrected chi connectivity index (χ1v) is 6.37. The number of hydrogen-bond acceptors (Lipinski definition) is 4. The summed E-state index contributed by atoms with van der Waals surface area (Å²) in [6.07, 6.45) is 1.64. The van der Waals surface area contributed by atoms with Gasteiger partial charge in [0.2, 0.25) is 11.8 Å². The molecule has 4 N–H and O–H groups in total. The summed E-state index contributed by atoms with van der Waals surface area (Å²) in [6, 6.07) is -0.666. The van der Waals surface area contributed by atoms with Crippen LogP contribution in [0.5, 0.6) is 0 Å². The van der Waals surface area contributed by atoms with E-state index >= 15 is 0 Å². The summed E-state index contributed by atoms with van der Waals surface area (Å²) in [7, 11) is 0. The van der Waals surface area contributed by atoms with E-state index in [0.29, 0.717) is 0 Å². The van der Waals surface area contributed by atoms with E-state index in [9.17, 15) is 14.4 Å². The third kappa shape index (κ3) is 4.86. The van der Waals surface area contributed by atoms with Crippen molar-refractivity contribution in [1.82, 2.24) is 10.2 Å². The maximum absolute atomic E-state index is 11.9. The molecule has 1 saturated carbocycles. The summed E-state index contributed by atoms with van der Waals surface area (Å²) >= 11 is 0. The third-order valence-corrected chi connectivity index (χ3v) is 3.05. The minimum Gasteiger partial charge on any atom is -0.480 e. The van der Waals surface area contributed by atoms with Crippen LogP contribution in [0.2, 0.25) is 0 Å². The number of rotatable bonds is 7. The van der Waals surface area contributed by atoms with Gasteiger partial charge in [-0.2, -0.15) is 0 Å². The monoisotopic (exact) mass is 271 g/mol. The maximum atomic E-state index is 11.9. The summed E-state index contributed by atoms with van der Waals surface area (Å²) < 4.78 is 0. The van der Waals surface area contributed by atoms with E-state index in [-0.39, 0.29) is 31.0 Å². The molecule has 0 aliphatic heterocycles. The molecule has 2 amide bonds. The van der Waals surface area contributed by atoms with Gasteiger partial charge in [-0.05, 0) is 18.8 Å². The van der Waals surface area contributed by atoms with Crippen LogP contribution in [0, 0.1) is 5.92 Å². The highest BCUT2D eigenvalue weighted by Crippen LogP contribution is 2.26. The Hall–Kier alpha value is -1.63. The molecular formula is C12H21N3O4. The zero-order chi connectivity index (χ0) is 14.6. The first kappa shape index (κ1) is 15.4. The summed E-state index contributed by atoms with van der Waals surface area (Å²) in [5, 5.41) is 11.2. The molecule has 1 rings (SSSR count). The Balaban J connectivity index is 2.44. The Morgan fingerprint density at radius 2 is 1.95 bits per heavy atom. The van der Waals surface area contributed by atoms with E-state index in [2.05, 4.69) is 5.32 Å². The highest BCUT2D eigenvalue weighted by Gasteiger charge is 2.33. The van der Waals surface area contributed by atoms with Gasteiger partial charge in [0.25, 0.3) is 0 Å². The number of nitrogens with zero attached hydrogens (tertiary/aromatic N) is 1. The largest absolute Gasteiger partial charge is 0.480 e. The van der Waals surface area contributed by atoms with Gasteiger partial charge in [0, 0.05) is 6.04 Å². The van der Waals surface area contributed by atoms with Gasteiger partial charge in [0.15, 0.2) is 0 Å². The Kier molecular flexibility index (Phi) is 5.29. The second-order valence-corrected chi connectivity index (χ2v) is 5.13. The topological polar surface area (TPSA) is 113 Å². The van der Waals surface area contributed by atoms with E-state index < -0.39 is 17.9 Å². The molecule has 0 aromatic carbocycles. The van der Waals surface area contributed by atoms with Crippen LogP contribution in [0.15, 0.2) is 0 Å². The number of nitrogens with two attached hydrogens (primary N) is 1. The normalized spacial score (nSPS) is 16.0. The third-order valence-electron chi connectivity index (χ3n) is 3.05. The van der Waals surface area contributed by atoms with Crippen molar-refractivity contribution in [2.24, 2.45) is 11.7 Å². The van der Waals surface area contributed by atoms with Crippen molar-refractivity contribution in [2.75, 3.05) is 13.1 Å². The average molecular weight is 271 g/mol. The standard InChI is InChI=1S/C12H21N3O4/c1-7(2)11(13)12(19)14-5-9(16)15(6-10(17)18)8-3-4-8/h7-8,11H,3-6,13H2,1-2H3,(H,14,19)(H,17,18)/t11-/m0/s1. The van der Waals surface area contributed by atoms with E-state index in [4.69, 9.17) is 10.8 Å². The zero-order valence-corrected chi connectivity index (χ0v) is 11.3. The fourth-order valence-corrected chi connectivity index (χ4v) is 1.64. The lowest BCUT2D eigenvalue weighted by Gasteiger charge is -2.21. The van der Waals surface area contributed by atoms with Crippen molar-refractivity contribution in [3.8, 4) is 0 Å². The van der Waals surface area contributed by atoms with E-state index in [0.717, 1.165) is 12.8 Å². The minimum atomic E-state index is -1.05. The predicted octanol–water partition coefficient (Wildman–Crippen LogP) is -0.838. The van der Waals surface area contributed by atoms with Crippen molar-refractivity contribution in [3.05, 3.63) is 0 Å². The molecule has 0 aromatic rings. The second-order valence-electron chi connectivity index (χ2n) is 5.13. The fourth-order valence-electron chi connectivity index (χ4n) is 1.64. The molecule has 0 saturated heterocycles. The number of carboxylic acids is 1. The Morgan fingerprint density at radius 3 is 2.37 bits per heavy atom. The molecule has 19 heavy (non-hydrogen) atoms. The van der Waals surface area contributed by atoms with Crippen molar-refractivity contribution in [2.45, 2.75) is 38.8 Å². The lowest BCUT2D eigenvalue weighted by Crippen LogP contribution is -2.49. The fraction of sp³-hybridized carbons (Fsp3) is 0.750. The number of hydrogen-bond donors (Lipinski definition) is 3. The van der Waals surface area contributed by atoms with Crippen LogP contribution in [-0.4, -0.2) is 53.0 Å². The van der Waals surface area contributed by atoms with Crippen LogP contribution in [0.3, 0.4) is 0 Å². The molecule has 1 atom stereocenters. The van der Waals surface area contributed by atoms with Crippen LogP contribution in [0.25, 0.3) is 0 Å². The molecule has 7 heteroatoms. The number of nitrogens with one attached hydrogen (secondary N) is 1. The summed E-state index contributed by atoms with van der Waals surface area (Å²) in [6.45, 7) is 3.10. The van der Waals surface area contributed by atoms with Crippen LogP contribution >= 0.6 is 0 Å². The molecule has 1 aliphatic carbocycles. The minimum absolute atomic E-state index is 0.000672. The van der Waals surface area contributed by atoms with Gasteiger partial charge in [0.1, 0.15) is 6.54 Å². The Bertz CT molecular complexity index is 366. The van der Waals surface area contributed by atoms with Crippen LogP contribution < -0.4 is 11.1 Å². The van der Waals surface area contributed by atoms with Crippen molar-refractivity contribution in [1.29, 1.82) is 0 Å². The lowest BCUT2D eigenvalue weighted by atomic mass is 10.1. The molecule has 0 spiro atoms. The molecule has 0 aromatic heterocycles. The Labute approximate surface area is 112 Å². The van der Waals surface area contributed by atoms with Gasteiger partial charge in [-0.3, -0.25) is 14.4 Å². The maximum Gasteiger partial charge on any atom is 0.323 e. The first-order valence-electron chi connectivity index (χ1n) is 6.37. The van der Waals surface area contributed by atoms with E-state index in [1.165, 1.54) is 4.90 Å². The molecule has 0 radical (unpaired) electrons. The van der Waals surface area contributed by atoms with Crippen molar-refractivity contribution in [3.63, 3.8) is 0 Å². The summed E-state index contributed by atoms with van der Waals surface area (Å²) in [4.78, 5) is 35.4. The highest BCUT2D eigenvalue weighted by atomic mass is 16.4. The number of amides is 2. The zero-order valence-electron chi connectivity index (χ0n) is 11.3. The van der Waals surface area contributed by atoms with Gasteiger partial charge in [-0.1, -0.05) is 13.8 Å². The summed E-state index contributed by atoms with van der Waals surface area (Å²) in [5.74, 6) is -1.84. The van der Waals surface area contributed by atoms with E-state index in [1.54, 1.807) is 0 Å². The van der Waals surface area contributed by atoms with Crippen LogP contribution in [0.1, 0.15) is 26.7 Å². The number of carbonyl (C=O) groups is 3. The quantitative estimate of drug-likeness (QED) is 0.559. The predicted molar refractivity (Wildman–Crippen MR) is 68.2 cm³/mol. The van der Waals surface area contributed by atoms with Gasteiger partial charge in [-0.25, -0.2) is 0 Å². The van der Waals surface area contributed by atoms with Crippen molar-refractivity contribution < 1.29 is 19.5 Å². The lowest BCUT2D eigenvalue weighted by molar-refractivity contribution is -0.144. The number of aliphatic carboxylic acids is 1. The van der Waals surface area contributed by atoms with Gasteiger partial charge in [0.05, 0.1) is 12.6 Å². The van der Waals surface area contributed by atoms with Gasteiger partial charge in [-0.15, -0.1) is 0 Å². The number of carboxylic acid groups (broad SMARTS) is 1. The molecule has 1 aliphatic rings. The average Bonchev–Trinajstić information content (AvgIpc) is 3.15. The Morgan fingerprint density at radius 1 is 1.37 bits per heavy atom. The van der Waals surface area contributed by atoms with Crippen molar-refractivity contribution >= 4 is 17.8 Å². The SMILES string of the molecule is CC(C)[C@H](N)C(=O)NCC(=O)N(CC(=O)O)C1CC1. The first-order chi connectivity index (χ1) is 8.82. The molecule has 0 unspecified atom stereocenters. The van der Waals surface area contributed by atoms with Gasteiger partial charge >= 0.3 is 5.97 Å². The molecule has 0 bridgehead atoms. The van der Waals surface area contributed by atoms with Crippen LogP contribution in [-0.2, 0) is 14.4 Å².